The summed E-state index contributed by atoms with van der Waals surface area (Å²) in [5.74, 6) is -4.55. The van der Waals surface area contributed by atoms with E-state index in [9.17, 15) is 14.4 Å². The zero-order valence-electron chi connectivity index (χ0n) is 54.3. The summed E-state index contributed by atoms with van der Waals surface area (Å²) in [7, 11) is -3.75. The molecule has 6 aliphatic rings. The molecule has 5 fully saturated rings. The molecule has 1 spiro atoms. The minimum Gasteiger partial charge on any atom is -0.456 e. The Balaban J connectivity index is 1.06. The van der Waals surface area contributed by atoms with Crippen molar-refractivity contribution < 1.29 is 90.0 Å². The third-order valence-corrected chi connectivity index (χ3v) is 23.4. The molecule has 1 saturated carbocycles. The maximum atomic E-state index is 15.3. The van der Waals surface area contributed by atoms with Gasteiger partial charge < -0.3 is 66.0 Å². The van der Waals surface area contributed by atoms with E-state index < -0.39 is 141 Å². The Morgan fingerprint density at radius 2 is 1.03 bits per heavy atom. The third-order valence-electron chi connectivity index (χ3n) is 18.4. The van der Waals surface area contributed by atoms with Crippen LogP contribution in [0.15, 0.2) is 176 Å². The van der Waals surface area contributed by atoms with E-state index >= 15 is 9.59 Å². The molecular formula is C74H83NO19Si. The van der Waals surface area contributed by atoms with Crippen LogP contribution in [0, 0.1) is 0 Å². The molecule has 0 N–H and O–H groups in total. The Hall–Kier alpha value is -7.35. The van der Waals surface area contributed by atoms with Gasteiger partial charge in [0.25, 0.3) is 20.1 Å². The van der Waals surface area contributed by atoms with Crippen LogP contribution in [0.25, 0.3) is 0 Å². The van der Waals surface area contributed by atoms with Crippen LogP contribution in [-0.2, 0) is 100 Å². The van der Waals surface area contributed by atoms with Gasteiger partial charge in [-0.15, -0.1) is 0 Å². The molecule has 2 amide bonds. The highest BCUT2D eigenvalue weighted by atomic mass is 28.4. The molecule has 1 aliphatic carbocycles. The molecule has 0 unspecified atom stereocenters. The highest BCUT2D eigenvalue weighted by Gasteiger charge is 2.64. The van der Waals surface area contributed by atoms with Gasteiger partial charge >= 0.3 is 17.9 Å². The summed E-state index contributed by atoms with van der Waals surface area (Å²) in [5.41, 5.74) is 2.75. The molecule has 0 radical (unpaired) electrons. The summed E-state index contributed by atoms with van der Waals surface area (Å²) in [6.45, 7) is 9.54. The van der Waals surface area contributed by atoms with E-state index in [1.165, 1.54) is 20.8 Å². The first-order valence-corrected chi connectivity index (χ1v) is 34.7. The van der Waals surface area contributed by atoms with Crippen molar-refractivity contribution in [2.75, 3.05) is 19.8 Å². The summed E-state index contributed by atoms with van der Waals surface area (Å²) < 4.78 is 97.9. The molecule has 6 aromatic carbocycles. The van der Waals surface area contributed by atoms with Gasteiger partial charge in [0.2, 0.25) is 0 Å². The van der Waals surface area contributed by atoms with Gasteiger partial charge in [-0.25, -0.2) is 0 Å². The van der Waals surface area contributed by atoms with Gasteiger partial charge in [0.1, 0.15) is 48.8 Å². The van der Waals surface area contributed by atoms with Gasteiger partial charge in [-0.3, -0.25) is 28.9 Å². The fraction of sp³-hybridized carbons (Fsp3) is 0.446. The monoisotopic (exact) mass is 1320 g/mol. The van der Waals surface area contributed by atoms with Gasteiger partial charge in [-0.1, -0.05) is 191 Å². The van der Waals surface area contributed by atoms with Crippen LogP contribution in [0.2, 0.25) is 5.04 Å². The largest absolute Gasteiger partial charge is 0.456 e. The number of fused-ring (bicyclic) bond motifs is 2. The summed E-state index contributed by atoms with van der Waals surface area (Å²) in [6.07, 6.45) is -13.7. The van der Waals surface area contributed by atoms with Crippen molar-refractivity contribution in [1.29, 1.82) is 0 Å². The number of benzene rings is 6. The number of rotatable bonds is 22. The molecule has 4 saturated heterocycles. The quantitative estimate of drug-likeness (QED) is 0.0268. The van der Waals surface area contributed by atoms with Crippen molar-refractivity contribution in [3.63, 3.8) is 0 Å². The summed E-state index contributed by atoms with van der Waals surface area (Å²) in [5, 5.41) is 1.17. The van der Waals surface area contributed by atoms with E-state index in [1.54, 1.807) is 24.3 Å². The fourth-order valence-electron chi connectivity index (χ4n) is 14.1. The number of imide groups is 1. The Kier molecular flexibility index (Phi) is 21.3. The van der Waals surface area contributed by atoms with Crippen molar-refractivity contribution in [2.24, 2.45) is 0 Å². The van der Waals surface area contributed by atoms with Crippen LogP contribution in [0.3, 0.4) is 0 Å². The maximum Gasteiger partial charge on any atom is 0.303 e. The molecule has 5 aliphatic heterocycles. The SMILES string of the molecule is CC(=O)O[C@@H]1[C@@H](OC(C)=O)[C@H](O[C@@H]2[C@H](O[C@H]3[C@H](OCc4ccccc4)[C@@H](N4C(=O)c5ccccc5C4=O)[C@H](OCc4ccccc4)O[C@@H]3COCc3ccccc3)O[C@@H]3COC4(CCCCC4)O[C@H]3[C@@H]2O[Si](c2ccccc2)(c2ccccc2)C(C)(C)C)OC[C@H]1OC(C)=O. The number of carbonyl (C=O) groups excluding carboxylic acids is 5. The zero-order chi connectivity index (χ0) is 66.3. The Labute approximate surface area is 554 Å². The van der Waals surface area contributed by atoms with E-state index in [1.807, 2.05) is 127 Å². The van der Waals surface area contributed by atoms with E-state index in [2.05, 4.69) is 45.0 Å². The van der Waals surface area contributed by atoms with Crippen molar-refractivity contribution in [2.45, 2.75) is 190 Å². The van der Waals surface area contributed by atoms with Crippen LogP contribution >= 0.6 is 0 Å². The number of hydrogen-bond acceptors (Lipinski definition) is 19. The zero-order valence-corrected chi connectivity index (χ0v) is 55.3. The van der Waals surface area contributed by atoms with Crippen molar-refractivity contribution in [3.8, 4) is 0 Å². The van der Waals surface area contributed by atoms with E-state index in [-0.39, 0.29) is 44.2 Å². The lowest BCUT2D eigenvalue weighted by atomic mass is 9.90. The van der Waals surface area contributed by atoms with E-state index in [4.69, 9.17) is 66.0 Å². The molecular weight excluding hydrogens is 1230 g/mol. The van der Waals surface area contributed by atoms with Crippen LogP contribution < -0.4 is 10.4 Å². The first kappa shape index (κ1) is 67.6. The molecule has 95 heavy (non-hydrogen) atoms. The summed E-state index contributed by atoms with van der Waals surface area (Å²) >= 11 is 0. The van der Waals surface area contributed by atoms with Crippen molar-refractivity contribution >= 4 is 48.4 Å². The number of nitrogens with zero attached hydrogens (tertiary/aromatic N) is 1. The van der Waals surface area contributed by atoms with Crippen LogP contribution in [-0.4, -0.2) is 154 Å². The lowest BCUT2D eigenvalue weighted by Gasteiger charge is -2.57. The Morgan fingerprint density at radius 1 is 0.526 bits per heavy atom. The first-order valence-electron chi connectivity index (χ1n) is 32.7. The Morgan fingerprint density at radius 3 is 1.58 bits per heavy atom. The number of carbonyl (C=O) groups is 5. The average Bonchev–Trinajstić information content (AvgIpc) is 1.25. The van der Waals surface area contributed by atoms with Gasteiger partial charge in [0.05, 0.1) is 50.8 Å². The first-order chi connectivity index (χ1) is 46.0. The summed E-state index contributed by atoms with van der Waals surface area (Å²) in [6, 6.07) is 53.9. The smallest absolute Gasteiger partial charge is 0.303 e. The highest BCUT2D eigenvalue weighted by Crippen LogP contribution is 2.47. The minimum absolute atomic E-state index is 0.00922. The second-order valence-corrected chi connectivity index (χ2v) is 30.2. The number of amides is 2. The second-order valence-electron chi connectivity index (χ2n) is 26.0. The second kappa shape index (κ2) is 30.0. The normalized spacial score (nSPS) is 28.3. The number of esters is 3. The van der Waals surface area contributed by atoms with E-state index in [0.29, 0.717) is 12.8 Å². The average molecular weight is 1320 g/mol. The molecule has 0 bridgehead atoms. The molecule has 14 atom stereocenters. The van der Waals surface area contributed by atoms with Crippen molar-refractivity contribution in [1.82, 2.24) is 4.90 Å². The summed E-state index contributed by atoms with van der Waals surface area (Å²) in [4.78, 5) is 71.2. The fourth-order valence-corrected chi connectivity index (χ4v) is 18.8. The molecule has 12 rings (SSSR count). The topological polar surface area (TPSA) is 218 Å². The van der Waals surface area contributed by atoms with Gasteiger partial charge in [-0.05, 0) is 57.1 Å². The van der Waals surface area contributed by atoms with E-state index in [0.717, 1.165) is 51.2 Å². The van der Waals surface area contributed by atoms with Crippen LogP contribution in [0.5, 0.6) is 0 Å². The maximum absolute atomic E-state index is 15.3. The molecule has 21 heteroatoms. The number of hydrogen-bond donors (Lipinski definition) is 0. The lowest BCUT2D eigenvalue weighted by Crippen LogP contribution is -2.75. The van der Waals surface area contributed by atoms with Gasteiger partial charge in [-0.2, -0.15) is 0 Å². The predicted molar refractivity (Wildman–Crippen MR) is 346 cm³/mol. The number of ether oxygens (including phenoxy) is 13. The lowest BCUT2D eigenvalue weighted by molar-refractivity contribution is -0.420. The predicted octanol–water partition coefficient (Wildman–Crippen LogP) is 9.06. The van der Waals surface area contributed by atoms with Gasteiger partial charge in [0, 0.05) is 33.6 Å². The standard InChI is InChI=1S/C74H83NO19Si/c1-47(76)86-58-45-84-71(66(88-49(3)78)62(58)87-48(2)77)92-67-65(94-95(73(4,5)6,53-33-19-10-20-34-53)54-35-21-11-22-36-54)63-59(46-85-74(93-63)39-25-12-26-40-74)90-72(67)91-61-57(44-81-41-50-27-13-7-14-28-50)89-70(83-43-52-31-17-9-18-32-52)60(64(61)82-42-51-29-15-8-16-30-51)75-68(79)55-37-23-24-38-56(55)69(75)80/h7-11,13-24,27-38,57-67,70-72H,12,25-26,39-46H2,1-6H3/t57-,58-,59-,60-,61-,62+,63-,64-,65+,66-,67+,70-,71+,72+/m1/s1. The molecule has 0 aromatic heterocycles. The third kappa shape index (κ3) is 15.0. The van der Waals surface area contributed by atoms with Crippen LogP contribution in [0.4, 0.5) is 0 Å². The molecule has 6 aromatic rings. The molecule has 20 nitrogen and oxygen atoms in total. The molecule has 5 heterocycles. The van der Waals surface area contributed by atoms with Crippen molar-refractivity contribution in [3.05, 3.63) is 204 Å². The Bertz CT molecular complexity index is 3480. The highest BCUT2D eigenvalue weighted by molar-refractivity contribution is 6.99. The minimum atomic E-state index is -3.75. The molecule has 502 valence electrons. The van der Waals surface area contributed by atoms with Crippen LogP contribution in [0.1, 0.15) is 111 Å². The van der Waals surface area contributed by atoms with Gasteiger partial charge in [0.15, 0.2) is 43.0 Å².